The highest BCUT2D eigenvalue weighted by Crippen LogP contribution is 2.13. The van der Waals surface area contributed by atoms with E-state index in [2.05, 4.69) is 0 Å². The maximum Gasteiger partial charge on any atom is 0.308 e. The van der Waals surface area contributed by atoms with Gasteiger partial charge in [0, 0.05) is 13.3 Å². The Labute approximate surface area is 87.5 Å². The summed E-state index contributed by atoms with van der Waals surface area (Å²) in [5.74, 6) is -0.714. The van der Waals surface area contributed by atoms with E-state index in [9.17, 15) is 9.59 Å². The van der Waals surface area contributed by atoms with E-state index >= 15 is 0 Å². The van der Waals surface area contributed by atoms with E-state index in [1.54, 1.807) is 24.3 Å². The van der Waals surface area contributed by atoms with Crippen molar-refractivity contribution < 1.29 is 19.4 Å². The normalized spacial score (nSPS) is 9.67. The van der Waals surface area contributed by atoms with Crippen LogP contribution in [0.25, 0.3) is 0 Å². The van der Waals surface area contributed by atoms with Crippen LogP contribution < -0.4 is 4.74 Å². The summed E-state index contributed by atoms with van der Waals surface area (Å²) in [5, 5.41) is 8.48. The fourth-order valence-corrected chi connectivity index (χ4v) is 1.14. The molecule has 1 N–H and O–H groups in total. The van der Waals surface area contributed by atoms with Gasteiger partial charge in [0.05, 0.1) is 0 Å². The van der Waals surface area contributed by atoms with Crippen LogP contribution in [0.5, 0.6) is 5.75 Å². The van der Waals surface area contributed by atoms with Gasteiger partial charge in [-0.15, -0.1) is 0 Å². The van der Waals surface area contributed by atoms with E-state index in [0.717, 1.165) is 5.56 Å². The van der Waals surface area contributed by atoms with Crippen LogP contribution in [0.4, 0.5) is 0 Å². The van der Waals surface area contributed by atoms with Gasteiger partial charge in [-0.05, 0) is 24.1 Å². The second kappa shape index (κ2) is 5.14. The van der Waals surface area contributed by atoms with Crippen molar-refractivity contribution in [3.05, 3.63) is 29.8 Å². The van der Waals surface area contributed by atoms with Crippen LogP contribution in [0.3, 0.4) is 0 Å². The molecule has 0 atom stereocenters. The Bertz CT molecular complexity index is 353. The molecule has 0 radical (unpaired) electrons. The molecule has 1 aromatic rings. The summed E-state index contributed by atoms with van der Waals surface area (Å²) in [5.41, 5.74) is 0.910. The number of hydrogen-bond donors (Lipinski definition) is 1. The molecule has 0 fully saturated rings. The lowest BCUT2D eigenvalue weighted by Crippen LogP contribution is -2.01. The minimum absolute atomic E-state index is 0.104. The van der Waals surface area contributed by atoms with Crippen LogP contribution in [-0.4, -0.2) is 17.0 Å². The maximum absolute atomic E-state index is 10.6. The first-order valence-corrected chi connectivity index (χ1v) is 4.57. The first-order chi connectivity index (χ1) is 7.08. The predicted octanol–water partition coefficient (Wildman–Crippen LogP) is 1.63. The summed E-state index contributed by atoms with van der Waals surface area (Å²) in [7, 11) is 0. The fraction of sp³-hybridized carbons (Fsp3) is 0.273. The topological polar surface area (TPSA) is 63.6 Å². The van der Waals surface area contributed by atoms with E-state index in [0.29, 0.717) is 12.2 Å². The smallest absolute Gasteiger partial charge is 0.308 e. The largest absolute Gasteiger partial charge is 0.481 e. The standard InChI is InChI=1S/C11H12O4/c1-8(12)15-10-5-2-9(3-6-10)4-7-11(13)14/h2-3,5-6H,4,7H2,1H3,(H,13,14). The van der Waals surface area contributed by atoms with Crippen molar-refractivity contribution in [2.45, 2.75) is 19.8 Å². The number of ether oxygens (including phenoxy) is 1. The molecule has 0 unspecified atom stereocenters. The van der Waals surface area contributed by atoms with E-state index < -0.39 is 5.97 Å². The van der Waals surface area contributed by atoms with Crippen molar-refractivity contribution in [2.24, 2.45) is 0 Å². The lowest BCUT2D eigenvalue weighted by molar-refractivity contribution is -0.137. The zero-order valence-electron chi connectivity index (χ0n) is 8.40. The quantitative estimate of drug-likeness (QED) is 0.603. The van der Waals surface area contributed by atoms with Crippen LogP contribution >= 0.6 is 0 Å². The van der Waals surface area contributed by atoms with Gasteiger partial charge in [-0.25, -0.2) is 0 Å². The summed E-state index contributed by atoms with van der Waals surface area (Å²) in [6, 6.07) is 6.81. The fourth-order valence-electron chi connectivity index (χ4n) is 1.14. The van der Waals surface area contributed by atoms with Crippen LogP contribution in [0.15, 0.2) is 24.3 Å². The molecule has 0 bridgehead atoms. The lowest BCUT2D eigenvalue weighted by atomic mass is 10.1. The van der Waals surface area contributed by atoms with E-state index in [-0.39, 0.29) is 12.4 Å². The number of benzene rings is 1. The average molecular weight is 208 g/mol. The summed E-state index contributed by atoms with van der Waals surface area (Å²) in [6.45, 7) is 1.33. The van der Waals surface area contributed by atoms with Gasteiger partial charge < -0.3 is 9.84 Å². The van der Waals surface area contributed by atoms with Crippen molar-refractivity contribution >= 4 is 11.9 Å². The zero-order valence-corrected chi connectivity index (χ0v) is 8.40. The first kappa shape index (κ1) is 11.2. The Morgan fingerprint density at radius 1 is 1.27 bits per heavy atom. The average Bonchev–Trinajstić information content (AvgIpc) is 2.16. The SMILES string of the molecule is CC(=O)Oc1ccc(CCC(=O)O)cc1. The Morgan fingerprint density at radius 2 is 1.87 bits per heavy atom. The number of carbonyl (C=O) groups excluding carboxylic acids is 1. The number of esters is 1. The monoisotopic (exact) mass is 208 g/mol. The van der Waals surface area contributed by atoms with Gasteiger partial charge in [-0.2, -0.15) is 0 Å². The first-order valence-electron chi connectivity index (χ1n) is 4.57. The number of carbonyl (C=O) groups is 2. The minimum Gasteiger partial charge on any atom is -0.481 e. The molecular formula is C11H12O4. The Morgan fingerprint density at radius 3 is 2.33 bits per heavy atom. The Kier molecular flexibility index (Phi) is 3.85. The second-order valence-corrected chi connectivity index (χ2v) is 3.13. The van der Waals surface area contributed by atoms with Crippen molar-refractivity contribution in [3.8, 4) is 5.75 Å². The Balaban J connectivity index is 2.56. The minimum atomic E-state index is -0.820. The summed E-state index contributed by atoms with van der Waals surface area (Å²) < 4.78 is 4.84. The van der Waals surface area contributed by atoms with Gasteiger partial charge >= 0.3 is 11.9 Å². The van der Waals surface area contributed by atoms with Crippen molar-refractivity contribution in [1.82, 2.24) is 0 Å². The number of hydrogen-bond acceptors (Lipinski definition) is 3. The molecule has 0 spiro atoms. The van der Waals surface area contributed by atoms with Gasteiger partial charge in [0.25, 0.3) is 0 Å². The molecular weight excluding hydrogens is 196 g/mol. The summed E-state index contributed by atoms with van der Waals surface area (Å²) in [6.07, 6.45) is 0.586. The molecule has 15 heavy (non-hydrogen) atoms. The molecule has 0 amide bonds. The highest BCUT2D eigenvalue weighted by Gasteiger charge is 2.00. The summed E-state index contributed by atoms with van der Waals surface area (Å²) in [4.78, 5) is 20.9. The second-order valence-electron chi connectivity index (χ2n) is 3.13. The number of rotatable bonds is 4. The summed E-state index contributed by atoms with van der Waals surface area (Å²) >= 11 is 0. The molecule has 1 rings (SSSR count). The van der Waals surface area contributed by atoms with Crippen molar-refractivity contribution in [1.29, 1.82) is 0 Å². The third-order valence-corrected chi connectivity index (χ3v) is 1.81. The van der Waals surface area contributed by atoms with E-state index in [1.165, 1.54) is 6.92 Å². The van der Waals surface area contributed by atoms with Gasteiger partial charge in [0.1, 0.15) is 5.75 Å². The molecule has 1 aromatic carbocycles. The highest BCUT2D eigenvalue weighted by molar-refractivity contribution is 5.69. The molecule has 0 aliphatic rings. The van der Waals surface area contributed by atoms with Crippen molar-refractivity contribution in [3.63, 3.8) is 0 Å². The zero-order chi connectivity index (χ0) is 11.3. The molecule has 0 aromatic heterocycles. The number of aryl methyl sites for hydroxylation is 1. The molecule has 0 aliphatic carbocycles. The lowest BCUT2D eigenvalue weighted by Gasteiger charge is -2.02. The Hall–Kier alpha value is -1.84. The van der Waals surface area contributed by atoms with Crippen molar-refractivity contribution in [2.75, 3.05) is 0 Å². The van der Waals surface area contributed by atoms with Crippen LogP contribution in [0.2, 0.25) is 0 Å². The highest BCUT2D eigenvalue weighted by atomic mass is 16.5. The maximum atomic E-state index is 10.6. The number of aliphatic carboxylic acids is 1. The third-order valence-electron chi connectivity index (χ3n) is 1.81. The third kappa shape index (κ3) is 4.26. The van der Waals surface area contributed by atoms with Crippen LogP contribution in [-0.2, 0) is 16.0 Å². The molecule has 0 aliphatic heterocycles. The molecule has 80 valence electrons. The number of carboxylic acids is 1. The van der Waals surface area contributed by atoms with Gasteiger partial charge in [0.15, 0.2) is 0 Å². The molecule has 0 saturated carbocycles. The van der Waals surface area contributed by atoms with Gasteiger partial charge in [0.2, 0.25) is 0 Å². The van der Waals surface area contributed by atoms with E-state index in [1.807, 2.05) is 0 Å². The predicted molar refractivity (Wildman–Crippen MR) is 53.7 cm³/mol. The van der Waals surface area contributed by atoms with E-state index in [4.69, 9.17) is 9.84 Å². The van der Waals surface area contributed by atoms with Gasteiger partial charge in [-0.3, -0.25) is 9.59 Å². The molecule has 0 saturated heterocycles. The molecule has 4 heteroatoms. The van der Waals surface area contributed by atoms with Crippen LogP contribution in [0.1, 0.15) is 18.9 Å². The number of carboxylic acid groups (broad SMARTS) is 1. The molecule has 0 heterocycles. The van der Waals surface area contributed by atoms with Crippen LogP contribution in [0, 0.1) is 0 Å². The van der Waals surface area contributed by atoms with Gasteiger partial charge in [-0.1, -0.05) is 12.1 Å². The molecule has 4 nitrogen and oxygen atoms in total.